The molecule has 0 bridgehead atoms. The summed E-state index contributed by atoms with van der Waals surface area (Å²) in [5.41, 5.74) is 1.17. The van der Waals surface area contributed by atoms with Crippen molar-refractivity contribution in [2.75, 3.05) is 54.5 Å². The molecule has 1 atom stereocenters. The molecule has 0 aliphatic carbocycles. The monoisotopic (exact) mass is 471 g/mol. The van der Waals surface area contributed by atoms with Gasteiger partial charge in [-0.3, -0.25) is 9.69 Å². The molecule has 2 aromatic rings. The van der Waals surface area contributed by atoms with Crippen LogP contribution in [0.25, 0.3) is 0 Å². The Labute approximate surface area is 188 Å². The summed E-state index contributed by atoms with van der Waals surface area (Å²) >= 11 is 8.67. The summed E-state index contributed by atoms with van der Waals surface area (Å²) < 4.78 is 20.3. The Kier molecular flexibility index (Phi) is 8.38. The number of nitrogens with one attached hydrogen (secondary N) is 1. The summed E-state index contributed by atoms with van der Waals surface area (Å²) in [6.45, 7) is 2.75. The van der Waals surface area contributed by atoms with E-state index >= 15 is 0 Å². The highest BCUT2D eigenvalue weighted by molar-refractivity contribution is 7.99. The molecule has 1 aromatic carbocycles. The maximum absolute atomic E-state index is 14.4. The van der Waals surface area contributed by atoms with Crippen molar-refractivity contribution in [2.45, 2.75) is 6.10 Å². The third-order valence-electron chi connectivity index (χ3n) is 4.61. The highest BCUT2D eigenvalue weighted by atomic mass is 35.5. The fourth-order valence-electron chi connectivity index (χ4n) is 3.18. The van der Waals surface area contributed by atoms with Gasteiger partial charge in [-0.15, -0.1) is 11.3 Å². The van der Waals surface area contributed by atoms with Gasteiger partial charge < -0.3 is 15.0 Å². The van der Waals surface area contributed by atoms with Crippen LogP contribution in [-0.4, -0.2) is 63.2 Å². The molecule has 2 saturated heterocycles. The highest BCUT2D eigenvalue weighted by Gasteiger charge is 2.32. The number of nitrogens with zero attached hydrogens (tertiary/aromatic N) is 2. The lowest BCUT2D eigenvalue weighted by Gasteiger charge is -2.29. The van der Waals surface area contributed by atoms with Gasteiger partial charge in [0.2, 0.25) is 0 Å². The van der Waals surface area contributed by atoms with Crippen molar-refractivity contribution < 1.29 is 18.7 Å². The van der Waals surface area contributed by atoms with Crippen LogP contribution in [0, 0.1) is 5.82 Å². The van der Waals surface area contributed by atoms with Gasteiger partial charge >= 0.3 is 6.09 Å². The standard InChI is InChI=1S/C15H20FN3O2S.C5H3ClOS/c1-17-9-12-10-19(15(20)21-12)11-2-3-14(13(16)8-11)18-4-6-22-7-5-18;6-5-2-1-4(3-7)8-5/h2-3,8,12,17H,4-7,9-10H2,1H3;1-3H. The van der Waals surface area contributed by atoms with E-state index in [0.717, 1.165) is 30.9 Å². The van der Waals surface area contributed by atoms with Gasteiger partial charge in [-0.25, -0.2) is 9.18 Å². The first-order chi connectivity index (χ1) is 14.5. The Bertz CT molecular complexity index is 877. The quantitative estimate of drug-likeness (QED) is 0.661. The Morgan fingerprint density at radius 1 is 1.30 bits per heavy atom. The third kappa shape index (κ3) is 5.87. The molecule has 3 heterocycles. The van der Waals surface area contributed by atoms with Crippen molar-refractivity contribution in [1.29, 1.82) is 0 Å². The summed E-state index contributed by atoms with van der Waals surface area (Å²) in [7, 11) is 1.81. The van der Waals surface area contributed by atoms with Gasteiger partial charge in [0, 0.05) is 31.1 Å². The lowest BCUT2D eigenvalue weighted by molar-refractivity contribution is 0.112. The third-order valence-corrected chi connectivity index (χ3v) is 6.71. The molecular formula is C20H23ClFN3O3S2. The number of rotatable bonds is 5. The molecule has 6 nitrogen and oxygen atoms in total. The number of halogens is 2. The maximum atomic E-state index is 14.4. The largest absolute Gasteiger partial charge is 0.443 e. The number of carbonyl (C=O) groups is 2. The second kappa shape index (κ2) is 11.0. The van der Waals surface area contributed by atoms with Crippen LogP contribution in [0.1, 0.15) is 9.67 Å². The number of aldehydes is 1. The summed E-state index contributed by atoms with van der Waals surface area (Å²) in [5.74, 6) is 1.76. The van der Waals surface area contributed by atoms with Crippen molar-refractivity contribution in [3.8, 4) is 0 Å². The van der Waals surface area contributed by atoms with Crippen molar-refractivity contribution in [2.24, 2.45) is 0 Å². The van der Waals surface area contributed by atoms with E-state index in [4.69, 9.17) is 16.3 Å². The Balaban J connectivity index is 0.000000269. The number of anilines is 2. The Hall–Kier alpha value is -1.81. The van der Waals surface area contributed by atoms with Crippen molar-refractivity contribution in [3.63, 3.8) is 0 Å². The Morgan fingerprint density at radius 3 is 2.63 bits per heavy atom. The van der Waals surface area contributed by atoms with Crippen LogP contribution in [-0.2, 0) is 4.74 Å². The molecule has 0 spiro atoms. The molecule has 0 radical (unpaired) electrons. The number of carbonyl (C=O) groups excluding carboxylic acids is 2. The maximum Gasteiger partial charge on any atom is 0.414 e. The number of likely N-dealkylation sites (N-methyl/N-ethyl adjacent to an activating group) is 1. The van der Waals surface area contributed by atoms with Gasteiger partial charge in [0.05, 0.1) is 27.1 Å². The molecule has 0 saturated carbocycles. The smallest absolute Gasteiger partial charge is 0.414 e. The van der Waals surface area contributed by atoms with Crippen LogP contribution < -0.4 is 15.1 Å². The number of hydrogen-bond acceptors (Lipinski definition) is 7. The fraction of sp³-hybridized carbons (Fsp3) is 0.400. The van der Waals surface area contributed by atoms with E-state index in [9.17, 15) is 14.0 Å². The van der Waals surface area contributed by atoms with E-state index in [1.807, 2.05) is 18.8 Å². The molecular weight excluding hydrogens is 449 g/mol. The molecule has 4 rings (SSSR count). The van der Waals surface area contributed by atoms with Crippen LogP contribution in [0.4, 0.5) is 20.6 Å². The van der Waals surface area contributed by atoms with Gasteiger partial charge in [-0.1, -0.05) is 11.6 Å². The number of thioether (sulfide) groups is 1. The molecule has 1 amide bonds. The molecule has 30 heavy (non-hydrogen) atoms. The van der Waals surface area contributed by atoms with E-state index in [2.05, 4.69) is 10.2 Å². The minimum Gasteiger partial charge on any atom is -0.443 e. The SMILES string of the molecule is CNCC1CN(c2ccc(N3CCSCC3)c(F)c2)C(=O)O1.O=Cc1ccc(Cl)s1. The van der Waals surface area contributed by atoms with Crippen molar-refractivity contribution in [1.82, 2.24) is 5.32 Å². The van der Waals surface area contributed by atoms with Crippen LogP contribution in [0.3, 0.4) is 0 Å². The van der Waals surface area contributed by atoms with Crippen LogP contribution in [0.2, 0.25) is 4.34 Å². The number of hydrogen-bond donors (Lipinski definition) is 1. The lowest BCUT2D eigenvalue weighted by Crippen LogP contribution is -2.33. The van der Waals surface area contributed by atoms with Crippen LogP contribution in [0.15, 0.2) is 30.3 Å². The van der Waals surface area contributed by atoms with E-state index < -0.39 is 6.09 Å². The average Bonchev–Trinajstić information content (AvgIpc) is 3.34. The van der Waals surface area contributed by atoms with Gasteiger partial charge in [-0.05, 0) is 37.4 Å². The predicted octanol–water partition coefficient (Wildman–Crippen LogP) is 4.14. The first-order valence-corrected chi connectivity index (χ1v) is 11.8. The molecule has 2 fully saturated rings. The number of cyclic esters (lactones) is 1. The fourth-order valence-corrected chi connectivity index (χ4v) is 4.96. The van der Waals surface area contributed by atoms with E-state index in [-0.39, 0.29) is 11.9 Å². The molecule has 2 aliphatic heterocycles. The predicted molar refractivity (Wildman–Crippen MR) is 122 cm³/mol. The van der Waals surface area contributed by atoms with E-state index in [0.29, 0.717) is 33.7 Å². The first-order valence-electron chi connectivity index (χ1n) is 9.47. The molecule has 1 N–H and O–H groups in total. The average molecular weight is 472 g/mol. The minimum absolute atomic E-state index is 0.195. The number of benzene rings is 1. The van der Waals surface area contributed by atoms with Gasteiger partial charge in [0.15, 0.2) is 6.29 Å². The summed E-state index contributed by atoms with van der Waals surface area (Å²) in [6.07, 6.45) is 0.178. The molecule has 162 valence electrons. The van der Waals surface area contributed by atoms with Crippen LogP contribution >= 0.6 is 34.7 Å². The lowest BCUT2D eigenvalue weighted by atomic mass is 10.2. The molecule has 1 unspecified atom stereocenters. The Morgan fingerprint density at radius 2 is 2.07 bits per heavy atom. The minimum atomic E-state index is -0.415. The van der Waals surface area contributed by atoms with Crippen LogP contribution in [0.5, 0.6) is 0 Å². The summed E-state index contributed by atoms with van der Waals surface area (Å²) in [6, 6.07) is 8.39. The van der Waals surface area contributed by atoms with Crippen molar-refractivity contribution >= 4 is 58.5 Å². The topological polar surface area (TPSA) is 61.9 Å². The zero-order valence-electron chi connectivity index (χ0n) is 16.5. The summed E-state index contributed by atoms with van der Waals surface area (Å²) in [4.78, 5) is 26.1. The van der Waals surface area contributed by atoms with Gasteiger partial charge in [0.1, 0.15) is 11.9 Å². The second-order valence-corrected chi connectivity index (χ2v) is 9.64. The molecule has 10 heteroatoms. The van der Waals surface area contributed by atoms with E-state index in [1.54, 1.807) is 24.3 Å². The van der Waals surface area contributed by atoms with E-state index in [1.165, 1.54) is 22.3 Å². The summed E-state index contributed by atoms with van der Waals surface area (Å²) in [5, 5.41) is 2.98. The first kappa shape index (κ1) is 22.9. The second-order valence-electron chi connectivity index (χ2n) is 6.67. The zero-order chi connectivity index (χ0) is 21.5. The normalized spacial score (nSPS) is 18.6. The molecule has 1 aromatic heterocycles. The zero-order valence-corrected chi connectivity index (χ0v) is 18.9. The van der Waals surface area contributed by atoms with Gasteiger partial charge in [0.25, 0.3) is 0 Å². The number of ether oxygens (including phenoxy) is 1. The highest BCUT2D eigenvalue weighted by Crippen LogP contribution is 2.29. The van der Waals surface area contributed by atoms with Crippen molar-refractivity contribution in [3.05, 3.63) is 45.4 Å². The van der Waals surface area contributed by atoms with Gasteiger partial charge in [-0.2, -0.15) is 11.8 Å². The number of amides is 1. The molecule has 2 aliphatic rings. The number of thiophene rings is 1.